The number of halogens is 1. The highest BCUT2D eigenvalue weighted by atomic mass is 32.2. The summed E-state index contributed by atoms with van der Waals surface area (Å²) in [5, 5.41) is 20.2. The highest BCUT2D eigenvalue weighted by Gasteiger charge is 2.34. The molecular formula is C34H29FN8O4S. The summed E-state index contributed by atoms with van der Waals surface area (Å²) in [5.74, 6) is -1.56. The van der Waals surface area contributed by atoms with E-state index >= 15 is 4.39 Å². The van der Waals surface area contributed by atoms with Gasteiger partial charge in [-0.15, -0.1) is 20.0 Å². The molecule has 14 heteroatoms. The molecule has 242 valence electrons. The summed E-state index contributed by atoms with van der Waals surface area (Å²) in [4.78, 5) is 28.1. The minimum Gasteiger partial charge on any atom is -0.324 e. The molecule has 2 unspecified atom stereocenters. The van der Waals surface area contributed by atoms with Crippen molar-refractivity contribution < 1.29 is 22.5 Å². The van der Waals surface area contributed by atoms with Gasteiger partial charge in [0.25, 0.3) is 5.91 Å². The van der Waals surface area contributed by atoms with Crippen LogP contribution in [0.3, 0.4) is 0 Å². The number of nitrogens with one attached hydrogen (secondary N) is 2. The Kier molecular flexibility index (Phi) is 9.27. The Morgan fingerprint density at radius 1 is 0.875 bits per heavy atom. The summed E-state index contributed by atoms with van der Waals surface area (Å²) in [5.41, 5.74) is 5.43. The first-order valence-corrected chi connectivity index (χ1v) is 15.8. The number of para-hydroxylation sites is 2. The number of fused-ring (bicyclic) bond motifs is 1. The van der Waals surface area contributed by atoms with Crippen LogP contribution in [-0.4, -0.2) is 35.3 Å². The van der Waals surface area contributed by atoms with Gasteiger partial charge in [0.05, 0.1) is 16.3 Å². The van der Waals surface area contributed by atoms with Crippen molar-refractivity contribution in [3.05, 3.63) is 132 Å². The van der Waals surface area contributed by atoms with Crippen molar-refractivity contribution in [1.29, 1.82) is 0 Å². The van der Waals surface area contributed by atoms with Crippen LogP contribution in [0.5, 0.6) is 0 Å². The van der Waals surface area contributed by atoms with Crippen LogP contribution in [0.15, 0.2) is 118 Å². The van der Waals surface area contributed by atoms with Gasteiger partial charge >= 0.3 is 0 Å². The minimum atomic E-state index is -2.02. The highest BCUT2D eigenvalue weighted by molar-refractivity contribution is 7.80. The van der Waals surface area contributed by atoms with E-state index in [2.05, 4.69) is 31.2 Å². The van der Waals surface area contributed by atoms with Gasteiger partial charge < -0.3 is 5.32 Å². The fourth-order valence-electron chi connectivity index (χ4n) is 4.98. The largest absolute Gasteiger partial charge is 0.324 e. The lowest BCUT2D eigenvalue weighted by Gasteiger charge is -2.20. The first kappa shape index (κ1) is 32.1. The van der Waals surface area contributed by atoms with Gasteiger partial charge in [0.1, 0.15) is 11.5 Å². The number of azo groups is 1. The predicted octanol–water partition coefficient (Wildman–Crippen LogP) is 7.14. The number of amides is 1. The van der Waals surface area contributed by atoms with Gasteiger partial charge in [-0.1, -0.05) is 66.7 Å². The number of anilines is 2. The van der Waals surface area contributed by atoms with Gasteiger partial charge in [-0.3, -0.25) is 19.6 Å². The third kappa shape index (κ3) is 6.65. The van der Waals surface area contributed by atoms with Crippen LogP contribution in [0.25, 0.3) is 5.65 Å². The second kappa shape index (κ2) is 13.9. The maximum atomic E-state index is 15.2. The molecule has 0 aliphatic rings. The highest BCUT2D eigenvalue weighted by Crippen LogP contribution is 2.33. The summed E-state index contributed by atoms with van der Waals surface area (Å²) in [7, 11) is 0. The van der Waals surface area contributed by atoms with Crippen molar-refractivity contribution in [1.82, 2.24) is 19.4 Å². The molecule has 0 aliphatic carbocycles. The van der Waals surface area contributed by atoms with Crippen LogP contribution in [0.2, 0.25) is 0 Å². The van der Waals surface area contributed by atoms with Gasteiger partial charge in [-0.05, 0) is 62.7 Å². The average molecular weight is 665 g/mol. The van der Waals surface area contributed by atoms with Crippen LogP contribution >= 0.6 is 0 Å². The molecule has 6 aromatic rings. The molecule has 0 spiro atoms. The van der Waals surface area contributed by atoms with Crippen LogP contribution in [0.1, 0.15) is 33.5 Å². The molecule has 2 heterocycles. The molecule has 4 aromatic carbocycles. The van der Waals surface area contributed by atoms with Crippen LogP contribution in [-0.2, 0) is 20.2 Å². The molecule has 6 rings (SSSR count). The van der Waals surface area contributed by atoms with E-state index in [1.54, 1.807) is 80.6 Å². The number of ketones is 1. The Hall–Kier alpha value is -5.86. The number of nitrogens with zero attached hydrogens (tertiary/aromatic N) is 6. The normalized spacial score (nSPS) is 12.7. The molecule has 2 N–H and O–H groups in total. The molecule has 48 heavy (non-hydrogen) atoms. The molecule has 12 nitrogen and oxygen atoms in total. The smallest absolute Gasteiger partial charge is 0.255 e. The standard InChI is InChI=1S/C34H29FN8O4S/c1-21-12-10-11-17-28(21)36-33(45)31(32(44)24-13-6-4-7-14-24)42-23(3)40-43-34(42)30(22(2)39-43)38-37-29-19-18-26(20-27(29)35)48(46)47-41-25-15-8-5-9-16-25/h4-20,31,41H,1-3H3,(H,36,45). The molecule has 2 aromatic heterocycles. The van der Waals surface area contributed by atoms with E-state index in [4.69, 9.17) is 4.28 Å². The lowest BCUT2D eigenvalue weighted by atomic mass is 10.0. The van der Waals surface area contributed by atoms with Crippen molar-refractivity contribution in [2.75, 3.05) is 10.8 Å². The Balaban J connectivity index is 1.34. The summed E-state index contributed by atoms with van der Waals surface area (Å²) < 4.78 is 35.6. The maximum Gasteiger partial charge on any atom is 0.255 e. The lowest BCUT2D eigenvalue weighted by molar-refractivity contribution is -0.118. The van der Waals surface area contributed by atoms with Gasteiger partial charge in [-0.25, -0.2) is 8.60 Å². The molecule has 2 atom stereocenters. The number of aryl methyl sites for hydroxylation is 3. The number of carbonyl (C=O) groups is 2. The van der Waals surface area contributed by atoms with E-state index in [1.807, 2.05) is 25.1 Å². The molecule has 0 aliphatic heterocycles. The lowest BCUT2D eigenvalue weighted by Crippen LogP contribution is -2.33. The fourth-order valence-corrected chi connectivity index (χ4v) is 5.63. The van der Waals surface area contributed by atoms with E-state index in [0.717, 1.165) is 11.6 Å². The van der Waals surface area contributed by atoms with Crippen molar-refractivity contribution in [2.45, 2.75) is 31.7 Å². The first-order chi connectivity index (χ1) is 23.2. The fraction of sp³-hybridized carbons (Fsp3) is 0.118. The second-order valence-electron chi connectivity index (χ2n) is 10.7. The quantitative estimate of drug-likeness (QED) is 0.0648. The van der Waals surface area contributed by atoms with Crippen molar-refractivity contribution in [3.8, 4) is 0 Å². The molecule has 0 saturated carbocycles. The van der Waals surface area contributed by atoms with E-state index in [1.165, 1.54) is 21.3 Å². The zero-order valence-electron chi connectivity index (χ0n) is 26.0. The average Bonchev–Trinajstić information content (AvgIpc) is 3.56. The Morgan fingerprint density at radius 3 is 2.27 bits per heavy atom. The number of benzene rings is 4. The molecular weight excluding hydrogens is 635 g/mol. The van der Waals surface area contributed by atoms with Gasteiger partial charge in [0.2, 0.25) is 11.1 Å². The van der Waals surface area contributed by atoms with Gasteiger partial charge in [-0.2, -0.15) is 9.38 Å². The number of aromatic nitrogens is 4. The molecule has 0 bridgehead atoms. The van der Waals surface area contributed by atoms with Gasteiger partial charge in [0.15, 0.2) is 29.0 Å². The van der Waals surface area contributed by atoms with Gasteiger partial charge in [0, 0.05) is 11.3 Å². The summed E-state index contributed by atoms with van der Waals surface area (Å²) >= 11 is -2.02. The third-order valence-corrected chi connectivity index (χ3v) is 8.27. The summed E-state index contributed by atoms with van der Waals surface area (Å²) in [6.07, 6.45) is 0. The van der Waals surface area contributed by atoms with E-state index < -0.39 is 34.6 Å². The minimum absolute atomic E-state index is 0.0645. The van der Waals surface area contributed by atoms with E-state index in [-0.39, 0.29) is 21.9 Å². The summed E-state index contributed by atoms with van der Waals surface area (Å²) in [6.45, 7) is 5.15. The van der Waals surface area contributed by atoms with Crippen molar-refractivity contribution in [2.24, 2.45) is 10.2 Å². The zero-order valence-corrected chi connectivity index (χ0v) is 26.8. The Bertz CT molecular complexity index is 2180. The molecule has 1 amide bonds. The first-order valence-electron chi connectivity index (χ1n) is 14.7. The third-order valence-electron chi connectivity index (χ3n) is 7.40. The zero-order chi connectivity index (χ0) is 33.8. The predicted molar refractivity (Wildman–Crippen MR) is 178 cm³/mol. The van der Waals surface area contributed by atoms with Crippen LogP contribution in [0.4, 0.5) is 27.1 Å². The second-order valence-corrected chi connectivity index (χ2v) is 11.8. The van der Waals surface area contributed by atoms with Crippen LogP contribution < -0.4 is 10.8 Å². The number of carbonyl (C=O) groups excluding carboxylic acids is 2. The number of rotatable bonds is 11. The number of hydrogen-bond acceptors (Lipinski definition) is 9. The molecule has 0 fully saturated rings. The molecule has 0 saturated heterocycles. The Labute approximate surface area is 276 Å². The molecule has 0 radical (unpaired) electrons. The van der Waals surface area contributed by atoms with E-state index in [9.17, 15) is 13.8 Å². The number of hydrogen-bond donors (Lipinski definition) is 2. The monoisotopic (exact) mass is 664 g/mol. The Morgan fingerprint density at radius 2 is 1.56 bits per heavy atom. The number of Topliss-reactive ketones (excluding diaryl/α,β-unsaturated/α-hetero) is 1. The van der Waals surface area contributed by atoms with Crippen LogP contribution in [0, 0.1) is 26.6 Å². The van der Waals surface area contributed by atoms with Crippen molar-refractivity contribution in [3.63, 3.8) is 0 Å². The SMILES string of the molecule is Cc1ccccc1NC(=O)C(C(=O)c1ccccc1)n1c(C)nn2nc(C)c(N=Nc3ccc(S(=O)ONc4ccccc4)cc3F)c12. The van der Waals surface area contributed by atoms with E-state index in [0.29, 0.717) is 28.5 Å². The topological polar surface area (TPSA) is 144 Å². The summed E-state index contributed by atoms with van der Waals surface area (Å²) in [6, 6.07) is 26.9. The van der Waals surface area contributed by atoms with Crippen molar-refractivity contribution >= 4 is 51.2 Å². The maximum absolute atomic E-state index is 15.2.